The van der Waals surface area contributed by atoms with Gasteiger partial charge >= 0.3 is 11.9 Å². The van der Waals surface area contributed by atoms with Crippen LogP contribution in [-0.2, 0) is 25.7 Å². The molecule has 3 fully saturated rings. The molecule has 0 aliphatic carbocycles. The lowest BCUT2D eigenvalue weighted by Crippen LogP contribution is -2.62. The third-order valence-corrected chi connectivity index (χ3v) is 9.90. The number of amides is 2. The van der Waals surface area contributed by atoms with Crippen molar-refractivity contribution >= 4 is 35.5 Å². The van der Waals surface area contributed by atoms with Crippen molar-refractivity contribution in [3.63, 3.8) is 0 Å². The minimum Gasteiger partial charge on any atom is -0.477 e. The van der Waals surface area contributed by atoms with Crippen LogP contribution in [0.5, 0.6) is 0 Å². The van der Waals surface area contributed by atoms with Gasteiger partial charge in [-0.3, -0.25) is 9.59 Å². The summed E-state index contributed by atoms with van der Waals surface area (Å²) in [5, 5.41) is 27.3. The first-order valence-electron chi connectivity index (χ1n) is 14.0. The number of aromatic nitrogens is 4. The van der Waals surface area contributed by atoms with Gasteiger partial charge in [0.1, 0.15) is 12.2 Å². The number of fused-ring (bicyclic) bond motifs is 1. The molecule has 2 amide bonds. The lowest BCUT2D eigenvalue weighted by molar-refractivity contribution is -0.136. The van der Waals surface area contributed by atoms with Crippen LogP contribution in [0.15, 0.2) is 10.6 Å². The molecule has 0 saturated carbocycles. The number of rotatable bonds is 10. The molecule has 15 nitrogen and oxygen atoms in total. The Morgan fingerprint density at radius 3 is 2.76 bits per heavy atom. The van der Waals surface area contributed by atoms with Crippen LogP contribution in [0, 0.1) is 11.8 Å². The average Bonchev–Trinajstić information content (AvgIpc) is 3.68. The Kier molecular flexibility index (Phi) is 8.52. The Hall–Kier alpha value is -3.24. The number of aliphatic carboxylic acids is 1. The summed E-state index contributed by atoms with van der Waals surface area (Å²) in [6.45, 7) is 7.87. The standard InChI is InChI=1S/C25H37N9O6S/c1-4-40-25(39)22-29-30-31-34(22)11-18(35)28-13(3)16-10-33-19(16)12(2)21(20(33)24(37)38)41-15-7-17(27-8-15)23(36)32-6-5-14(26)9-32/h12-17,19,27H,4-11,26H2,1-3H3,(H,28,35)(H,37,38)/t12-,13-,14-,15+,16-,17+,19-/m1/s1. The second-order valence-corrected chi connectivity index (χ2v) is 12.5. The van der Waals surface area contributed by atoms with Crippen LogP contribution in [0.1, 0.15) is 44.2 Å². The smallest absolute Gasteiger partial charge is 0.378 e. The van der Waals surface area contributed by atoms with E-state index in [0.717, 1.165) is 16.0 Å². The van der Waals surface area contributed by atoms with E-state index in [2.05, 4.69) is 26.2 Å². The third kappa shape index (κ3) is 5.77. The van der Waals surface area contributed by atoms with E-state index >= 15 is 0 Å². The summed E-state index contributed by atoms with van der Waals surface area (Å²) in [4.78, 5) is 54.6. The van der Waals surface area contributed by atoms with E-state index in [1.54, 1.807) is 18.7 Å². The topological polar surface area (TPSA) is 198 Å². The number of carboxylic acids is 1. The number of thioether (sulfide) groups is 1. The molecule has 0 unspecified atom stereocenters. The number of likely N-dealkylation sites (tertiary alicyclic amines) is 1. The van der Waals surface area contributed by atoms with Crippen molar-refractivity contribution in [2.45, 2.75) is 69.6 Å². The van der Waals surface area contributed by atoms with Crippen molar-refractivity contribution in [2.24, 2.45) is 17.6 Å². The van der Waals surface area contributed by atoms with Crippen LogP contribution in [0.2, 0.25) is 0 Å². The summed E-state index contributed by atoms with van der Waals surface area (Å²) in [6.07, 6.45) is 1.44. The lowest BCUT2D eigenvalue weighted by Gasteiger charge is -2.50. The van der Waals surface area contributed by atoms with Crippen LogP contribution >= 0.6 is 11.8 Å². The van der Waals surface area contributed by atoms with E-state index in [-0.39, 0.29) is 72.0 Å². The normalized spacial score (nSPS) is 29.8. The second-order valence-electron chi connectivity index (χ2n) is 11.1. The molecule has 5 N–H and O–H groups in total. The van der Waals surface area contributed by atoms with Gasteiger partial charge in [0, 0.05) is 66.3 Å². The van der Waals surface area contributed by atoms with Gasteiger partial charge < -0.3 is 36.0 Å². The molecule has 1 aromatic heterocycles. The first-order valence-corrected chi connectivity index (χ1v) is 14.9. The van der Waals surface area contributed by atoms with Gasteiger partial charge in [-0.15, -0.1) is 16.9 Å². The molecule has 0 aromatic carbocycles. The van der Waals surface area contributed by atoms with Gasteiger partial charge in [-0.05, 0) is 37.1 Å². The highest BCUT2D eigenvalue weighted by Gasteiger charge is 2.54. The minimum atomic E-state index is -0.966. The summed E-state index contributed by atoms with van der Waals surface area (Å²) >= 11 is 1.55. The number of ether oxygens (including phenoxy) is 1. The number of esters is 1. The maximum atomic E-state index is 12.9. The first kappa shape index (κ1) is 29.3. The van der Waals surface area contributed by atoms with Crippen LogP contribution in [0.4, 0.5) is 0 Å². The van der Waals surface area contributed by atoms with Crippen molar-refractivity contribution in [3.05, 3.63) is 16.4 Å². The Bertz CT molecular complexity index is 1240. The van der Waals surface area contributed by atoms with Crippen molar-refractivity contribution in [2.75, 3.05) is 32.8 Å². The predicted octanol–water partition coefficient (Wildman–Crippen LogP) is -1.38. The molecule has 0 radical (unpaired) electrons. The fourth-order valence-corrected chi connectivity index (χ4v) is 7.85. The monoisotopic (exact) mass is 591 g/mol. The Morgan fingerprint density at radius 1 is 1.29 bits per heavy atom. The average molecular weight is 592 g/mol. The molecule has 5 heterocycles. The fourth-order valence-electron chi connectivity index (χ4n) is 6.35. The SMILES string of the molecule is CCOC(=O)c1nnnn1CC(=O)N[C@H](C)[C@H]1CN2C(C(=O)O)=C(S[C@@H]3CN[C@H](C(=O)N4CC[C@@H](N)C4)C3)[C@H](C)[C@H]12. The van der Waals surface area contributed by atoms with Crippen LogP contribution in [0.25, 0.3) is 0 Å². The van der Waals surface area contributed by atoms with E-state index < -0.39 is 11.9 Å². The predicted molar refractivity (Wildman–Crippen MR) is 146 cm³/mol. The molecule has 1 aromatic rings. The van der Waals surface area contributed by atoms with E-state index in [1.165, 1.54) is 0 Å². The molecule has 0 bridgehead atoms. The van der Waals surface area contributed by atoms with E-state index in [9.17, 15) is 24.3 Å². The fraction of sp³-hybridized carbons (Fsp3) is 0.720. The zero-order chi connectivity index (χ0) is 29.4. The molecule has 224 valence electrons. The Morgan fingerprint density at radius 2 is 2.07 bits per heavy atom. The number of hydrogen-bond acceptors (Lipinski definition) is 12. The number of carboxylic acid groups (broad SMARTS) is 1. The second kappa shape index (κ2) is 11.9. The highest BCUT2D eigenvalue weighted by atomic mass is 32.2. The molecule has 5 rings (SSSR count). The van der Waals surface area contributed by atoms with Gasteiger partial charge in [-0.1, -0.05) is 6.92 Å². The highest BCUT2D eigenvalue weighted by Crippen LogP contribution is 2.51. The summed E-state index contributed by atoms with van der Waals surface area (Å²) in [5.41, 5.74) is 6.29. The van der Waals surface area contributed by atoms with Crippen LogP contribution in [-0.4, -0.2) is 121 Å². The number of nitrogens with two attached hydrogens (primary N) is 1. The molecule has 0 spiro atoms. The number of nitrogens with one attached hydrogen (secondary N) is 2. The Balaban J connectivity index is 1.18. The third-order valence-electron chi connectivity index (χ3n) is 8.39. The molecule has 4 aliphatic rings. The minimum absolute atomic E-state index is 0.0233. The van der Waals surface area contributed by atoms with Gasteiger partial charge in [-0.25, -0.2) is 14.3 Å². The zero-order valence-electron chi connectivity index (χ0n) is 23.4. The van der Waals surface area contributed by atoms with Crippen molar-refractivity contribution in [3.8, 4) is 0 Å². The molecule has 7 atom stereocenters. The number of carbonyl (C=O) groups is 4. The number of nitrogens with zero attached hydrogens (tertiary/aromatic N) is 6. The molecular weight excluding hydrogens is 554 g/mol. The maximum Gasteiger partial charge on any atom is 0.378 e. The molecule has 16 heteroatoms. The lowest BCUT2D eigenvalue weighted by atomic mass is 9.79. The Labute approximate surface area is 241 Å². The zero-order valence-corrected chi connectivity index (χ0v) is 24.2. The summed E-state index contributed by atoms with van der Waals surface area (Å²) in [6, 6.07) is -0.581. The van der Waals surface area contributed by atoms with E-state index in [1.807, 2.05) is 23.6 Å². The molecule has 3 saturated heterocycles. The quantitative estimate of drug-likeness (QED) is 0.233. The van der Waals surface area contributed by atoms with Crippen LogP contribution < -0.4 is 16.4 Å². The number of hydrogen-bond donors (Lipinski definition) is 4. The molecule has 41 heavy (non-hydrogen) atoms. The van der Waals surface area contributed by atoms with Crippen molar-refractivity contribution in [1.29, 1.82) is 0 Å². The first-order chi connectivity index (χ1) is 19.6. The van der Waals surface area contributed by atoms with Gasteiger partial charge in [0.2, 0.25) is 11.8 Å². The van der Waals surface area contributed by atoms with Crippen LogP contribution in [0.3, 0.4) is 0 Å². The van der Waals surface area contributed by atoms with E-state index in [0.29, 0.717) is 38.3 Å². The van der Waals surface area contributed by atoms with E-state index in [4.69, 9.17) is 10.5 Å². The van der Waals surface area contributed by atoms with Crippen molar-refractivity contribution in [1.82, 2.24) is 40.6 Å². The molecule has 4 aliphatic heterocycles. The van der Waals surface area contributed by atoms with Gasteiger partial charge in [0.05, 0.1) is 12.6 Å². The van der Waals surface area contributed by atoms with Gasteiger partial charge in [0.15, 0.2) is 0 Å². The summed E-state index contributed by atoms with van der Waals surface area (Å²) < 4.78 is 6.02. The van der Waals surface area contributed by atoms with Gasteiger partial charge in [-0.2, -0.15) is 0 Å². The van der Waals surface area contributed by atoms with Crippen molar-refractivity contribution < 1.29 is 29.0 Å². The highest BCUT2D eigenvalue weighted by molar-refractivity contribution is 8.03. The summed E-state index contributed by atoms with van der Waals surface area (Å²) in [7, 11) is 0. The number of carbonyl (C=O) groups excluding carboxylic acids is 3. The van der Waals surface area contributed by atoms with Gasteiger partial charge in [0.25, 0.3) is 5.82 Å². The largest absolute Gasteiger partial charge is 0.477 e. The summed E-state index contributed by atoms with van der Waals surface area (Å²) in [5.74, 6) is -2.16. The maximum absolute atomic E-state index is 12.9. The number of tetrazole rings is 1. The molecular formula is C25H37N9O6S.